The fourth-order valence-corrected chi connectivity index (χ4v) is 0.278. The van der Waals surface area contributed by atoms with Crippen LogP contribution in [-0.2, 0) is 20.4 Å². The molecule has 0 aromatic carbocycles. The van der Waals surface area contributed by atoms with Gasteiger partial charge in [-0.05, 0) is 12.1 Å². The number of aromatic amines is 1. The summed E-state index contributed by atoms with van der Waals surface area (Å²) in [7, 11) is 0. The third kappa shape index (κ3) is 1.40. The van der Waals surface area contributed by atoms with E-state index in [-0.39, 0.29) is 20.4 Å². The van der Waals surface area contributed by atoms with Crippen LogP contribution in [0.3, 0.4) is 0 Å². The van der Waals surface area contributed by atoms with E-state index in [9.17, 15) is 0 Å². The second-order valence-corrected chi connectivity index (χ2v) is 0.885. The van der Waals surface area contributed by atoms with Crippen molar-refractivity contribution in [1.82, 2.24) is 4.98 Å². The van der Waals surface area contributed by atoms with Crippen LogP contribution in [0, 0.1) is 0 Å². The van der Waals surface area contributed by atoms with Crippen molar-refractivity contribution in [2.75, 3.05) is 0 Å². The van der Waals surface area contributed by atoms with Gasteiger partial charge in [0.2, 0.25) is 0 Å². The number of nitrogens with one attached hydrogen (secondary N) is 1. The van der Waals surface area contributed by atoms with Crippen LogP contribution in [0.15, 0.2) is 24.5 Å². The Hall–Kier alpha value is -0.0577. The summed E-state index contributed by atoms with van der Waals surface area (Å²) in [6.07, 6.45) is 3.75. The Bertz CT molecular complexity index is 64.0. The van der Waals surface area contributed by atoms with Crippen molar-refractivity contribution in [3.05, 3.63) is 24.5 Å². The molecule has 0 radical (unpaired) electrons. The maximum absolute atomic E-state index is 2.86. The number of hydrogen-bond acceptors (Lipinski definition) is 0. The molecular weight excluding hydrogens is 168 g/mol. The predicted molar refractivity (Wildman–Crippen MR) is 20.8 cm³/mol. The minimum absolute atomic E-state index is 0. The Morgan fingerprint density at radius 2 is 1.50 bits per heavy atom. The Labute approximate surface area is 50.4 Å². The van der Waals surface area contributed by atoms with Crippen LogP contribution in [-0.4, -0.2) is 4.98 Å². The van der Waals surface area contributed by atoms with Crippen molar-refractivity contribution in [3.63, 3.8) is 0 Å². The van der Waals surface area contributed by atoms with E-state index < -0.39 is 0 Å². The summed E-state index contributed by atoms with van der Waals surface area (Å²) in [6.45, 7) is 0. The van der Waals surface area contributed by atoms with Crippen LogP contribution in [0.25, 0.3) is 0 Å². The summed E-state index contributed by atoms with van der Waals surface area (Å²) in [5, 5.41) is 0. The molecule has 1 aromatic rings. The summed E-state index contributed by atoms with van der Waals surface area (Å²) >= 11 is 0. The Morgan fingerprint density at radius 1 is 1.00 bits per heavy atom. The molecule has 0 unspecified atom stereocenters. The van der Waals surface area contributed by atoms with Crippen molar-refractivity contribution < 1.29 is 20.4 Å². The van der Waals surface area contributed by atoms with Crippen molar-refractivity contribution in [2.24, 2.45) is 0 Å². The topological polar surface area (TPSA) is 15.8 Å². The summed E-state index contributed by atoms with van der Waals surface area (Å²) in [5.74, 6) is 0. The molecular formula is C4H5NPd. The minimum atomic E-state index is 0. The molecule has 0 saturated heterocycles. The van der Waals surface area contributed by atoms with Crippen LogP contribution in [0.1, 0.15) is 0 Å². The molecule has 0 spiro atoms. The predicted octanol–water partition coefficient (Wildman–Crippen LogP) is 1.01. The Kier molecular flexibility index (Phi) is 3.11. The average molecular weight is 174 g/mol. The van der Waals surface area contributed by atoms with E-state index in [4.69, 9.17) is 0 Å². The fourth-order valence-electron chi connectivity index (χ4n) is 0.278. The molecule has 0 saturated carbocycles. The van der Waals surface area contributed by atoms with Crippen LogP contribution in [0.4, 0.5) is 0 Å². The van der Waals surface area contributed by atoms with Gasteiger partial charge < -0.3 is 4.98 Å². The molecule has 1 aromatic heterocycles. The quantitative estimate of drug-likeness (QED) is 0.564. The van der Waals surface area contributed by atoms with E-state index in [1.54, 1.807) is 0 Å². The number of rotatable bonds is 0. The van der Waals surface area contributed by atoms with Gasteiger partial charge in [-0.15, -0.1) is 0 Å². The van der Waals surface area contributed by atoms with E-state index in [2.05, 4.69) is 4.98 Å². The van der Waals surface area contributed by atoms with Gasteiger partial charge in [-0.3, -0.25) is 0 Å². The molecule has 0 aliphatic rings. The molecule has 1 rings (SSSR count). The van der Waals surface area contributed by atoms with Crippen LogP contribution in [0.5, 0.6) is 0 Å². The standard InChI is InChI=1S/C4H5N.Pd/c1-2-4-5-3-1;/h1-5H;. The summed E-state index contributed by atoms with van der Waals surface area (Å²) < 4.78 is 0. The SMILES string of the molecule is [Pd].c1cc[nH]c1. The van der Waals surface area contributed by atoms with Gasteiger partial charge in [0.1, 0.15) is 0 Å². The van der Waals surface area contributed by atoms with Gasteiger partial charge >= 0.3 is 0 Å². The molecule has 1 nitrogen and oxygen atoms in total. The maximum Gasteiger partial charge on any atom is 0.000496 e. The van der Waals surface area contributed by atoms with Gasteiger partial charge in [0.25, 0.3) is 0 Å². The van der Waals surface area contributed by atoms with E-state index in [1.807, 2.05) is 24.5 Å². The molecule has 6 heavy (non-hydrogen) atoms. The number of aromatic nitrogens is 1. The van der Waals surface area contributed by atoms with E-state index in [0.29, 0.717) is 0 Å². The second kappa shape index (κ2) is 3.14. The van der Waals surface area contributed by atoms with Gasteiger partial charge in [-0.25, -0.2) is 0 Å². The van der Waals surface area contributed by atoms with Crippen LogP contribution >= 0.6 is 0 Å². The minimum Gasteiger partial charge on any atom is -0.368 e. The maximum atomic E-state index is 2.86. The average Bonchev–Trinajstić information content (AvgIpc) is 1.76. The molecule has 0 aliphatic carbocycles. The number of H-pyrrole nitrogens is 1. The van der Waals surface area contributed by atoms with Crippen LogP contribution in [0.2, 0.25) is 0 Å². The van der Waals surface area contributed by atoms with Crippen LogP contribution < -0.4 is 0 Å². The molecule has 0 bridgehead atoms. The first-order valence-electron chi connectivity index (χ1n) is 1.58. The first kappa shape index (κ1) is 5.94. The Balaban J connectivity index is 0.000000250. The van der Waals surface area contributed by atoms with Gasteiger partial charge in [0.15, 0.2) is 0 Å². The summed E-state index contributed by atoms with van der Waals surface area (Å²) in [6, 6.07) is 3.89. The molecule has 36 valence electrons. The molecule has 0 fully saturated rings. The second-order valence-electron chi connectivity index (χ2n) is 0.885. The van der Waals surface area contributed by atoms with Gasteiger partial charge in [-0.2, -0.15) is 0 Å². The summed E-state index contributed by atoms with van der Waals surface area (Å²) in [4.78, 5) is 2.86. The smallest absolute Gasteiger partial charge is 0.000496 e. The molecule has 0 aliphatic heterocycles. The van der Waals surface area contributed by atoms with E-state index >= 15 is 0 Å². The normalized spacial score (nSPS) is 6.67. The molecule has 1 heterocycles. The van der Waals surface area contributed by atoms with E-state index in [0.717, 1.165) is 0 Å². The zero-order valence-corrected chi connectivity index (χ0v) is 4.68. The zero-order valence-electron chi connectivity index (χ0n) is 3.13. The van der Waals surface area contributed by atoms with Gasteiger partial charge in [0.05, 0.1) is 0 Å². The molecule has 2 heteroatoms. The first-order chi connectivity index (χ1) is 2.50. The number of hydrogen-bond donors (Lipinski definition) is 1. The van der Waals surface area contributed by atoms with Crippen molar-refractivity contribution >= 4 is 0 Å². The molecule has 0 atom stereocenters. The Morgan fingerprint density at radius 3 is 1.67 bits per heavy atom. The fraction of sp³-hybridized carbons (Fsp3) is 0. The molecule has 1 N–H and O–H groups in total. The van der Waals surface area contributed by atoms with Crippen molar-refractivity contribution in [3.8, 4) is 0 Å². The van der Waals surface area contributed by atoms with Crippen molar-refractivity contribution in [2.45, 2.75) is 0 Å². The largest absolute Gasteiger partial charge is 0.368 e. The third-order valence-corrected chi connectivity index (χ3v) is 0.496. The monoisotopic (exact) mass is 173 g/mol. The van der Waals surface area contributed by atoms with Crippen molar-refractivity contribution in [1.29, 1.82) is 0 Å². The molecule has 0 amide bonds. The summed E-state index contributed by atoms with van der Waals surface area (Å²) in [5.41, 5.74) is 0. The van der Waals surface area contributed by atoms with E-state index in [1.165, 1.54) is 0 Å². The third-order valence-electron chi connectivity index (χ3n) is 0.496. The first-order valence-corrected chi connectivity index (χ1v) is 1.58. The zero-order chi connectivity index (χ0) is 3.54. The van der Waals surface area contributed by atoms with Gasteiger partial charge in [0, 0.05) is 32.8 Å². The van der Waals surface area contributed by atoms with Gasteiger partial charge in [-0.1, -0.05) is 0 Å².